The van der Waals surface area contributed by atoms with E-state index in [1.807, 2.05) is 6.07 Å². The molecule has 0 atom stereocenters. The number of nitrogens with zero attached hydrogens (tertiary/aromatic N) is 2. The number of aliphatic imine (C=N–C) groups is 1. The van der Waals surface area contributed by atoms with Gasteiger partial charge in [0, 0.05) is 23.5 Å². The van der Waals surface area contributed by atoms with Gasteiger partial charge in [0.2, 0.25) is 0 Å². The number of nitrogen functional groups attached to an aromatic ring is 1. The molecule has 0 amide bonds. The van der Waals surface area contributed by atoms with Crippen molar-refractivity contribution in [2.45, 2.75) is 6.92 Å². The normalized spacial score (nSPS) is 11.7. The number of hydrogen-bond acceptors (Lipinski definition) is 4. The summed E-state index contributed by atoms with van der Waals surface area (Å²) in [6.07, 6.45) is 6.45. The summed E-state index contributed by atoms with van der Waals surface area (Å²) in [7, 11) is 0. The van der Waals surface area contributed by atoms with Gasteiger partial charge in [0.25, 0.3) is 0 Å². The second-order valence-corrected chi connectivity index (χ2v) is 5.05. The summed E-state index contributed by atoms with van der Waals surface area (Å²) < 4.78 is 14.0. The lowest BCUT2D eigenvalue weighted by atomic mass is 10.0. The van der Waals surface area contributed by atoms with Crippen LogP contribution in [0.2, 0.25) is 0 Å². The predicted octanol–water partition coefficient (Wildman–Crippen LogP) is 2.59. The molecule has 2 aromatic rings. The number of benzene rings is 1. The summed E-state index contributed by atoms with van der Waals surface area (Å²) in [6, 6.07) is 6.15. The largest absolute Gasteiger partial charge is 0.396 e. The zero-order valence-corrected chi connectivity index (χ0v) is 13.0. The van der Waals surface area contributed by atoms with Crippen molar-refractivity contribution in [2.24, 2.45) is 10.7 Å². The molecule has 7 heteroatoms. The number of rotatable bonds is 4. The van der Waals surface area contributed by atoms with Gasteiger partial charge in [-0.05, 0) is 36.8 Å². The number of nitrogens with two attached hydrogens (primary N) is 2. The minimum atomic E-state index is -0.711. The van der Waals surface area contributed by atoms with Crippen molar-refractivity contribution >= 4 is 29.1 Å². The minimum absolute atomic E-state index is 0.0124. The Hall–Kier alpha value is -3.35. The lowest BCUT2D eigenvalue weighted by molar-refractivity contribution is 0.632. The summed E-state index contributed by atoms with van der Waals surface area (Å²) >= 11 is 0. The smallest absolute Gasteiger partial charge is 0.153 e. The average Bonchev–Trinajstić information content (AvgIpc) is 2.55. The third kappa shape index (κ3) is 4.10. The zero-order valence-electron chi connectivity index (χ0n) is 13.0. The predicted molar refractivity (Wildman–Crippen MR) is 95.0 cm³/mol. The maximum atomic E-state index is 14.0. The summed E-state index contributed by atoms with van der Waals surface area (Å²) in [5.41, 5.74) is 12.2. The Morgan fingerprint density at radius 3 is 2.71 bits per heavy atom. The van der Waals surface area contributed by atoms with Crippen molar-refractivity contribution in [3.8, 4) is 0 Å². The van der Waals surface area contributed by atoms with Crippen LogP contribution in [0.1, 0.15) is 23.6 Å². The van der Waals surface area contributed by atoms with Crippen molar-refractivity contribution < 1.29 is 4.39 Å². The van der Waals surface area contributed by atoms with E-state index in [1.54, 1.807) is 24.5 Å². The summed E-state index contributed by atoms with van der Waals surface area (Å²) in [5, 5.41) is 15.9. The number of nitrogens with one attached hydrogen (secondary N) is 2. The molecule has 24 heavy (non-hydrogen) atoms. The van der Waals surface area contributed by atoms with Gasteiger partial charge in [-0.15, -0.1) is 0 Å². The fourth-order valence-corrected chi connectivity index (χ4v) is 1.96. The van der Waals surface area contributed by atoms with Gasteiger partial charge in [-0.2, -0.15) is 0 Å². The van der Waals surface area contributed by atoms with Crippen LogP contribution in [-0.2, 0) is 0 Å². The first kappa shape index (κ1) is 17.0. The first-order valence-electron chi connectivity index (χ1n) is 7.04. The number of anilines is 1. The fraction of sp³-hybridized carbons (Fsp3) is 0.0588. The summed E-state index contributed by atoms with van der Waals surface area (Å²) in [5.74, 6) is -0.721. The molecular formula is C17H17FN6. The Morgan fingerprint density at radius 1 is 1.33 bits per heavy atom. The van der Waals surface area contributed by atoms with Gasteiger partial charge < -0.3 is 16.9 Å². The van der Waals surface area contributed by atoms with Crippen molar-refractivity contribution in [3.63, 3.8) is 0 Å². The molecule has 0 fully saturated rings. The van der Waals surface area contributed by atoms with E-state index in [1.165, 1.54) is 19.1 Å². The number of aromatic nitrogens is 1. The van der Waals surface area contributed by atoms with Gasteiger partial charge in [-0.25, -0.2) is 9.38 Å². The van der Waals surface area contributed by atoms with Crippen LogP contribution in [-0.4, -0.2) is 22.4 Å². The molecule has 0 saturated carbocycles. The van der Waals surface area contributed by atoms with Crippen LogP contribution in [0, 0.1) is 16.6 Å². The molecule has 0 aliphatic heterocycles. The zero-order chi connectivity index (χ0) is 17.7. The topological polar surface area (TPSA) is 125 Å². The molecule has 0 aliphatic rings. The third-order valence-electron chi connectivity index (χ3n) is 3.11. The first-order chi connectivity index (χ1) is 11.4. The van der Waals surface area contributed by atoms with Crippen LogP contribution in [0.3, 0.4) is 0 Å². The number of pyridine rings is 1. The van der Waals surface area contributed by atoms with E-state index in [-0.39, 0.29) is 34.2 Å². The van der Waals surface area contributed by atoms with Crippen LogP contribution in [0.25, 0.3) is 6.08 Å². The molecular weight excluding hydrogens is 307 g/mol. The van der Waals surface area contributed by atoms with Crippen LogP contribution in [0.5, 0.6) is 0 Å². The highest BCUT2D eigenvalue weighted by Gasteiger charge is 2.13. The highest BCUT2D eigenvalue weighted by atomic mass is 19.1. The van der Waals surface area contributed by atoms with Crippen molar-refractivity contribution in [1.82, 2.24) is 4.98 Å². The average molecular weight is 324 g/mol. The van der Waals surface area contributed by atoms with E-state index in [0.29, 0.717) is 0 Å². The summed E-state index contributed by atoms with van der Waals surface area (Å²) in [4.78, 5) is 7.76. The molecule has 2 rings (SSSR count). The van der Waals surface area contributed by atoms with Crippen molar-refractivity contribution in [2.75, 3.05) is 5.73 Å². The third-order valence-corrected chi connectivity index (χ3v) is 3.11. The molecule has 0 radical (unpaired) electrons. The van der Waals surface area contributed by atoms with Gasteiger partial charge in [-0.1, -0.05) is 12.1 Å². The molecule has 0 bridgehead atoms. The minimum Gasteiger partial charge on any atom is -0.396 e. The molecule has 6 N–H and O–H groups in total. The van der Waals surface area contributed by atoms with Crippen LogP contribution < -0.4 is 11.5 Å². The van der Waals surface area contributed by atoms with E-state index in [2.05, 4.69) is 9.98 Å². The van der Waals surface area contributed by atoms with Gasteiger partial charge in [0.15, 0.2) is 5.84 Å². The maximum absolute atomic E-state index is 14.0. The van der Waals surface area contributed by atoms with Gasteiger partial charge >= 0.3 is 0 Å². The molecule has 0 aliphatic carbocycles. The van der Waals surface area contributed by atoms with Gasteiger partial charge in [0.1, 0.15) is 5.82 Å². The Labute approximate surface area is 138 Å². The summed E-state index contributed by atoms with van der Waals surface area (Å²) in [6.45, 7) is 1.53. The van der Waals surface area contributed by atoms with Crippen molar-refractivity contribution in [1.29, 1.82) is 10.8 Å². The number of allylic oxidation sites excluding steroid dienone is 1. The Bertz CT molecular complexity index is 836. The van der Waals surface area contributed by atoms with Gasteiger partial charge in [0.05, 0.1) is 17.2 Å². The molecule has 1 heterocycles. The molecule has 1 aromatic heterocycles. The molecule has 6 nitrogen and oxygen atoms in total. The van der Waals surface area contributed by atoms with E-state index < -0.39 is 5.82 Å². The quantitative estimate of drug-likeness (QED) is 0.392. The van der Waals surface area contributed by atoms with E-state index in [0.717, 1.165) is 11.6 Å². The molecule has 122 valence electrons. The van der Waals surface area contributed by atoms with E-state index >= 15 is 0 Å². The van der Waals surface area contributed by atoms with E-state index in [9.17, 15) is 4.39 Å². The lowest BCUT2D eigenvalue weighted by Crippen LogP contribution is -2.11. The van der Waals surface area contributed by atoms with Crippen LogP contribution in [0.15, 0.2) is 47.7 Å². The number of amidine groups is 2. The Balaban J connectivity index is 2.37. The molecule has 0 saturated heterocycles. The lowest BCUT2D eigenvalue weighted by Gasteiger charge is -2.09. The van der Waals surface area contributed by atoms with E-state index in [4.69, 9.17) is 22.3 Å². The first-order valence-corrected chi connectivity index (χ1v) is 7.04. The highest BCUT2D eigenvalue weighted by Crippen LogP contribution is 2.21. The standard InChI is InChI=1S/C17H17FN6/c1-10(19)24-17(22)12-7-13(16(21)14(18)8-12)15(20)5-4-11-3-2-6-23-9-11/h2-9,20H,21H2,1H3,(H3,19,22,24)/b5-4+,20-15?. The monoisotopic (exact) mass is 324 g/mol. The number of hydrogen-bond donors (Lipinski definition) is 4. The molecule has 0 spiro atoms. The molecule has 1 aromatic carbocycles. The Morgan fingerprint density at radius 2 is 2.08 bits per heavy atom. The highest BCUT2D eigenvalue weighted by molar-refractivity contribution is 6.13. The van der Waals surface area contributed by atoms with Crippen LogP contribution in [0.4, 0.5) is 10.1 Å². The Kier molecular flexibility index (Phi) is 5.16. The fourth-order valence-electron chi connectivity index (χ4n) is 1.96. The SMILES string of the molecule is CC(N)=NC(=N)c1cc(F)c(N)c(C(=N)/C=C/c2cccnc2)c1. The number of halogens is 1. The van der Waals surface area contributed by atoms with Gasteiger partial charge in [-0.3, -0.25) is 10.4 Å². The molecule has 0 unspecified atom stereocenters. The maximum Gasteiger partial charge on any atom is 0.153 e. The van der Waals surface area contributed by atoms with Crippen molar-refractivity contribution in [3.05, 3.63) is 65.2 Å². The second kappa shape index (κ2) is 7.28. The second-order valence-electron chi connectivity index (χ2n) is 5.05. The van der Waals surface area contributed by atoms with Crippen LogP contribution >= 0.6 is 0 Å².